The number of nitrogens with two attached hydrogens (primary N) is 1. The second-order valence-corrected chi connectivity index (χ2v) is 7.32. The van der Waals surface area contributed by atoms with Crippen molar-refractivity contribution in [2.75, 3.05) is 20.2 Å². The standard InChI is InChI=1S/C20H27N3O.3ClH/c1-3-13-12-23-9-7-14(13)10-19(23)20(21)16-6-8-22-18-5-4-15(24-2)11-17(16)18;;;/h4-6,8,11,13-14,19-20H,3,7,9-10,12,21H2,1-2H3;3*1H/t13-,14-,19+,20+;;;/m0.../s1. The number of halogens is 3. The average molecular weight is 435 g/mol. The molecule has 5 rings (SSSR count). The number of rotatable bonds is 4. The van der Waals surface area contributed by atoms with Crippen molar-refractivity contribution in [2.45, 2.75) is 38.3 Å². The molecule has 0 radical (unpaired) electrons. The van der Waals surface area contributed by atoms with E-state index < -0.39 is 0 Å². The molecular weight excluding hydrogens is 405 g/mol. The summed E-state index contributed by atoms with van der Waals surface area (Å²) in [4.78, 5) is 7.12. The van der Waals surface area contributed by atoms with Gasteiger partial charge in [-0.15, -0.1) is 37.2 Å². The van der Waals surface area contributed by atoms with Crippen LogP contribution in [0.3, 0.4) is 0 Å². The highest BCUT2D eigenvalue weighted by Crippen LogP contribution is 2.42. The average Bonchev–Trinajstić information content (AvgIpc) is 2.66. The van der Waals surface area contributed by atoms with Gasteiger partial charge in [0, 0.05) is 30.2 Å². The second-order valence-electron chi connectivity index (χ2n) is 7.32. The third-order valence-electron chi connectivity index (χ3n) is 6.22. The predicted molar refractivity (Wildman–Crippen MR) is 119 cm³/mol. The molecule has 0 saturated carbocycles. The maximum atomic E-state index is 6.79. The van der Waals surface area contributed by atoms with Crippen LogP contribution in [0.25, 0.3) is 10.9 Å². The van der Waals surface area contributed by atoms with Crippen LogP contribution in [-0.2, 0) is 0 Å². The zero-order valence-electron chi connectivity index (χ0n) is 15.8. The fraction of sp³-hybridized carbons (Fsp3) is 0.550. The molecule has 4 heterocycles. The van der Waals surface area contributed by atoms with E-state index >= 15 is 0 Å². The van der Waals surface area contributed by atoms with Gasteiger partial charge in [0.1, 0.15) is 5.75 Å². The van der Waals surface area contributed by atoms with Crippen LogP contribution in [0.4, 0.5) is 0 Å². The maximum Gasteiger partial charge on any atom is 0.119 e. The summed E-state index contributed by atoms with van der Waals surface area (Å²) in [5.41, 5.74) is 8.98. The van der Waals surface area contributed by atoms with Crippen LogP contribution in [0.15, 0.2) is 30.5 Å². The van der Waals surface area contributed by atoms with Crippen molar-refractivity contribution >= 4 is 48.1 Å². The monoisotopic (exact) mass is 433 g/mol. The molecule has 3 fully saturated rings. The summed E-state index contributed by atoms with van der Waals surface area (Å²) in [7, 11) is 1.70. The molecule has 27 heavy (non-hydrogen) atoms. The maximum absolute atomic E-state index is 6.79. The van der Waals surface area contributed by atoms with Crippen molar-refractivity contribution in [1.82, 2.24) is 9.88 Å². The van der Waals surface area contributed by atoms with E-state index in [-0.39, 0.29) is 43.3 Å². The number of piperidine rings is 3. The summed E-state index contributed by atoms with van der Waals surface area (Å²) in [5.74, 6) is 2.57. The fourth-order valence-electron chi connectivity index (χ4n) is 4.79. The van der Waals surface area contributed by atoms with Crippen LogP contribution in [-0.4, -0.2) is 36.1 Å². The Morgan fingerprint density at radius 3 is 2.67 bits per heavy atom. The zero-order valence-corrected chi connectivity index (χ0v) is 18.3. The number of pyridine rings is 1. The van der Waals surface area contributed by atoms with E-state index in [4.69, 9.17) is 10.5 Å². The number of hydrogen-bond acceptors (Lipinski definition) is 4. The molecule has 0 aliphatic carbocycles. The predicted octanol–water partition coefficient (Wildman–Crippen LogP) is 4.63. The summed E-state index contributed by atoms with van der Waals surface area (Å²) in [6, 6.07) is 8.62. The molecule has 4 nitrogen and oxygen atoms in total. The van der Waals surface area contributed by atoms with Crippen molar-refractivity contribution in [3.8, 4) is 5.75 Å². The van der Waals surface area contributed by atoms with Gasteiger partial charge in [0.05, 0.1) is 12.6 Å². The van der Waals surface area contributed by atoms with Gasteiger partial charge in [0.25, 0.3) is 0 Å². The van der Waals surface area contributed by atoms with Crippen molar-refractivity contribution in [3.63, 3.8) is 0 Å². The zero-order chi connectivity index (χ0) is 16.7. The van der Waals surface area contributed by atoms with E-state index in [1.807, 2.05) is 18.3 Å². The Hall–Kier alpha value is -0.780. The molecule has 2 bridgehead atoms. The third kappa shape index (κ3) is 4.46. The van der Waals surface area contributed by atoms with E-state index in [2.05, 4.69) is 28.9 Å². The number of benzene rings is 1. The van der Waals surface area contributed by atoms with Gasteiger partial charge in [-0.1, -0.05) is 13.3 Å². The van der Waals surface area contributed by atoms with Gasteiger partial charge in [0.2, 0.25) is 0 Å². The number of aromatic nitrogens is 1. The van der Waals surface area contributed by atoms with Crippen LogP contribution >= 0.6 is 37.2 Å². The largest absolute Gasteiger partial charge is 0.497 e. The van der Waals surface area contributed by atoms with Crippen LogP contribution in [0, 0.1) is 11.8 Å². The first kappa shape index (κ1) is 24.3. The first-order chi connectivity index (χ1) is 11.7. The van der Waals surface area contributed by atoms with Crippen molar-refractivity contribution in [1.29, 1.82) is 0 Å². The summed E-state index contributed by atoms with van der Waals surface area (Å²) < 4.78 is 5.40. The molecular formula is C20H30Cl3N3O. The van der Waals surface area contributed by atoms with Gasteiger partial charge >= 0.3 is 0 Å². The smallest absolute Gasteiger partial charge is 0.119 e. The van der Waals surface area contributed by atoms with Crippen LogP contribution < -0.4 is 10.5 Å². The molecule has 5 atom stereocenters. The van der Waals surface area contributed by atoms with Gasteiger partial charge in [0.15, 0.2) is 0 Å². The lowest BCUT2D eigenvalue weighted by Gasteiger charge is -2.51. The minimum absolute atomic E-state index is 0. The lowest BCUT2D eigenvalue weighted by Crippen LogP contribution is -2.56. The lowest BCUT2D eigenvalue weighted by atomic mass is 9.72. The van der Waals surface area contributed by atoms with Crippen LogP contribution in [0.5, 0.6) is 5.75 Å². The van der Waals surface area contributed by atoms with Crippen LogP contribution in [0.1, 0.15) is 37.8 Å². The number of fused-ring (bicyclic) bond motifs is 4. The second kappa shape index (κ2) is 10.1. The highest BCUT2D eigenvalue weighted by Gasteiger charge is 2.41. The van der Waals surface area contributed by atoms with Crippen molar-refractivity contribution in [3.05, 3.63) is 36.0 Å². The summed E-state index contributed by atoms with van der Waals surface area (Å²) in [6.45, 7) is 4.74. The van der Waals surface area contributed by atoms with E-state index in [0.29, 0.717) is 6.04 Å². The molecule has 1 unspecified atom stereocenters. The Morgan fingerprint density at radius 2 is 2.04 bits per heavy atom. The third-order valence-corrected chi connectivity index (χ3v) is 6.22. The first-order valence-corrected chi connectivity index (χ1v) is 9.13. The summed E-state index contributed by atoms with van der Waals surface area (Å²) in [6.07, 6.45) is 5.74. The van der Waals surface area contributed by atoms with E-state index in [1.165, 1.54) is 37.9 Å². The minimum atomic E-state index is 0. The molecule has 3 aliphatic rings. The molecule has 3 saturated heterocycles. The topological polar surface area (TPSA) is 51.4 Å². The summed E-state index contributed by atoms with van der Waals surface area (Å²) >= 11 is 0. The molecule has 152 valence electrons. The van der Waals surface area contributed by atoms with E-state index in [1.54, 1.807) is 7.11 Å². The molecule has 0 spiro atoms. The van der Waals surface area contributed by atoms with Gasteiger partial charge < -0.3 is 10.5 Å². The number of nitrogens with zero attached hydrogens (tertiary/aromatic N) is 2. The number of ether oxygens (including phenoxy) is 1. The number of hydrogen-bond donors (Lipinski definition) is 1. The Morgan fingerprint density at radius 1 is 1.26 bits per heavy atom. The normalized spacial score (nSPS) is 27.1. The quantitative estimate of drug-likeness (QED) is 0.762. The van der Waals surface area contributed by atoms with Gasteiger partial charge in [-0.2, -0.15) is 0 Å². The Bertz CT molecular complexity index is 745. The first-order valence-electron chi connectivity index (χ1n) is 9.13. The number of methoxy groups -OCH3 is 1. The molecule has 7 heteroatoms. The van der Waals surface area contributed by atoms with Gasteiger partial charge in [-0.3, -0.25) is 9.88 Å². The van der Waals surface area contributed by atoms with Crippen molar-refractivity contribution < 1.29 is 4.74 Å². The Labute approximate surface area is 180 Å². The van der Waals surface area contributed by atoms with Crippen molar-refractivity contribution in [2.24, 2.45) is 17.6 Å². The minimum Gasteiger partial charge on any atom is -0.497 e. The van der Waals surface area contributed by atoms with E-state index in [0.717, 1.165) is 28.5 Å². The van der Waals surface area contributed by atoms with Gasteiger partial charge in [-0.25, -0.2) is 0 Å². The molecule has 2 aromatic rings. The highest BCUT2D eigenvalue weighted by atomic mass is 35.5. The molecule has 3 aliphatic heterocycles. The molecule has 0 amide bonds. The summed E-state index contributed by atoms with van der Waals surface area (Å²) in [5, 5.41) is 1.12. The Kier molecular flexibility index (Phi) is 9.10. The SMILES string of the molecule is CC[C@H]1CN2CC[C@H]1C[C@@H]2[C@H](N)c1ccnc2ccc(OC)cc12.Cl.Cl.Cl. The highest BCUT2D eigenvalue weighted by molar-refractivity contribution is 5.86. The fourth-order valence-corrected chi connectivity index (χ4v) is 4.79. The lowest BCUT2D eigenvalue weighted by molar-refractivity contribution is -0.0105. The van der Waals surface area contributed by atoms with E-state index in [9.17, 15) is 0 Å². The van der Waals surface area contributed by atoms with Gasteiger partial charge in [-0.05, 0) is 61.1 Å². The molecule has 2 N–H and O–H groups in total. The molecule has 1 aromatic carbocycles. The van der Waals surface area contributed by atoms with Crippen LogP contribution in [0.2, 0.25) is 0 Å². The molecule has 1 aromatic heterocycles. The Balaban J connectivity index is 0.00000121.